The standard InChI is InChI=1S/C17H20N2O/c1-12-11-14-7-9-19(10-8-18-13(2)20)17(14)16-6-4-3-5-15(12)16/h3-7,9,12H,8,10-11H2,1-2H3,(H,18,20). The van der Waals surface area contributed by atoms with Gasteiger partial charge < -0.3 is 9.88 Å². The van der Waals surface area contributed by atoms with Gasteiger partial charge in [0.25, 0.3) is 0 Å². The Morgan fingerprint density at radius 2 is 2.15 bits per heavy atom. The molecular weight excluding hydrogens is 248 g/mol. The summed E-state index contributed by atoms with van der Waals surface area (Å²) < 4.78 is 2.26. The first-order valence-corrected chi connectivity index (χ1v) is 7.18. The maximum atomic E-state index is 11.0. The summed E-state index contributed by atoms with van der Waals surface area (Å²) in [6.45, 7) is 5.34. The largest absolute Gasteiger partial charge is 0.355 e. The molecule has 1 atom stereocenters. The molecule has 2 aromatic rings. The van der Waals surface area contributed by atoms with Gasteiger partial charge in [-0.05, 0) is 29.5 Å². The van der Waals surface area contributed by atoms with Crippen molar-refractivity contribution >= 4 is 5.91 Å². The Kier molecular flexibility index (Phi) is 3.35. The number of amides is 1. The number of carbonyl (C=O) groups excluding carboxylic acids is 1. The monoisotopic (exact) mass is 268 g/mol. The molecule has 3 rings (SSSR count). The van der Waals surface area contributed by atoms with Crippen molar-refractivity contribution in [1.82, 2.24) is 9.88 Å². The maximum absolute atomic E-state index is 11.0. The number of aromatic nitrogens is 1. The lowest BCUT2D eigenvalue weighted by Gasteiger charge is -2.24. The van der Waals surface area contributed by atoms with Gasteiger partial charge in [-0.1, -0.05) is 31.2 Å². The molecule has 20 heavy (non-hydrogen) atoms. The van der Waals surface area contributed by atoms with Gasteiger partial charge in [-0.3, -0.25) is 4.79 Å². The minimum absolute atomic E-state index is 0.0278. The van der Waals surface area contributed by atoms with Gasteiger partial charge in [0.15, 0.2) is 0 Å². The number of rotatable bonds is 3. The molecule has 0 bridgehead atoms. The van der Waals surface area contributed by atoms with Crippen LogP contribution in [0.1, 0.15) is 30.9 Å². The molecule has 1 aromatic carbocycles. The lowest BCUT2D eigenvalue weighted by molar-refractivity contribution is -0.118. The quantitative estimate of drug-likeness (QED) is 0.912. The number of hydrogen-bond acceptors (Lipinski definition) is 1. The van der Waals surface area contributed by atoms with Crippen molar-refractivity contribution in [2.75, 3.05) is 6.54 Å². The first-order valence-electron chi connectivity index (χ1n) is 7.18. The highest BCUT2D eigenvalue weighted by Gasteiger charge is 2.23. The first kappa shape index (κ1) is 13.0. The summed E-state index contributed by atoms with van der Waals surface area (Å²) in [6.07, 6.45) is 3.24. The third-order valence-electron chi connectivity index (χ3n) is 4.05. The van der Waals surface area contributed by atoms with Crippen LogP contribution in [-0.2, 0) is 17.8 Å². The molecule has 1 unspecified atom stereocenters. The van der Waals surface area contributed by atoms with Crippen LogP contribution in [0, 0.1) is 0 Å². The Morgan fingerprint density at radius 1 is 1.35 bits per heavy atom. The molecule has 3 nitrogen and oxygen atoms in total. The highest BCUT2D eigenvalue weighted by molar-refractivity contribution is 5.73. The molecule has 0 spiro atoms. The average Bonchev–Trinajstić information content (AvgIpc) is 2.82. The lowest BCUT2D eigenvalue weighted by atomic mass is 9.83. The Hall–Kier alpha value is -2.03. The summed E-state index contributed by atoms with van der Waals surface area (Å²) in [4.78, 5) is 11.0. The van der Waals surface area contributed by atoms with Gasteiger partial charge in [0, 0.05) is 31.8 Å². The number of fused-ring (bicyclic) bond motifs is 3. The van der Waals surface area contributed by atoms with Crippen LogP contribution < -0.4 is 5.32 Å². The van der Waals surface area contributed by atoms with Crippen molar-refractivity contribution in [2.24, 2.45) is 0 Å². The van der Waals surface area contributed by atoms with Gasteiger partial charge in [-0.2, -0.15) is 0 Å². The minimum Gasteiger partial charge on any atom is -0.355 e. The van der Waals surface area contributed by atoms with Crippen LogP contribution in [0.15, 0.2) is 36.5 Å². The van der Waals surface area contributed by atoms with Crippen LogP contribution in [0.25, 0.3) is 11.3 Å². The molecule has 1 amide bonds. The molecule has 0 saturated heterocycles. The van der Waals surface area contributed by atoms with E-state index in [9.17, 15) is 4.79 Å². The fourth-order valence-corrected chi connectivity index (χ4v) is 3.13. The summed E-state index contributed by atoms with van der Waals surface area (Å²) in [5, 5.41) is 2.86. The van der Waals surface area contributed by atoms with E-state index in [-0.39, 0.29) is 5.91 Å². The van der Waals surface area contributed by atoms with Gasteiger partial charge in [0.2, 0.25) is 5.91 Å². The number of benzene rings is 1. The molecule has 1 aliphatic rings. The summed E-state index contributed by atoms with van der Waals surface area (Å²) in [5.74, 6) is 0.602. The number of carbonyl (C=O) groups is 1. The number of nitrogens with one attached hydrogen (secondary N) is 1. The number of nitrogens with zero attached hydrogens (tertiary/aromatic N) is 1. The van der Waals surface area contributed by atoms with E-state index in [1.54, 1.807) is 6.92 Å². The molecular formula is C17H20N2O. The molecule has 1 aliphatic carbocycles. The molecule has 0 saturated carbocycles. The average molecular weight is 268 g/mol. The van der Waals surface area contributed by atoms with Crippen molar-refractivity contribution in [3.63, 3.8) is 0 Å². The second-order valence-electron chi connectivity index (χ2n) is 5.56. The fourth-order valence-electron chi connectivity index (χ4n) is 3.13. The van der Waals surface area contributed by atoms with Crippen LogP contribution in [0.2, 0.25) is 0 Å². The minimum atomic E-state index is 0.0278. The molecule has 1 N–H and O–H groups in total. The molecule has 1 heterocycles. The van der Waals surface area contributed by atoms with Crippen molar-refractivity contribution in [3.05, 3.63) is 47.7 Å². The molecule has 104 valence electrons. The Balaban J connectivity index is 1.94. The van der Waals surface area contributed by atoms with Crippen molar-refractivity contribution in [3.8, 4) is 11.3 Å². The van der Waals surface area contributed by atoms with Gasteiger partial charge >= 0.3 is 0 Å². The summed E-state index contributed by atoms with van der Waals surface area (Å²) in [5.41, 5.74) is 5.51. The summed E-state index contributed by atoms with van der Waals surface area (Å²) in [6, 6.07) is 10.9. The molecule has 0 radical (unpaired) electrons. The Morgan fingerprint density at radius 3 is 2.95 bits per heavy atom. The van der Waals surface area contributed by atoms with Crippen LogP contribution in [0.5, 0.6) is 0 Å². The zero-order valence-electron chi connectivity index (χ0n) is 12.0. The Labute approximate surface area is 119 Å². The van der Waals surface area contributed by atoms with E-state index in [1.807, 2.05) is 0 Å². The fraction of sp³-hybridized carbons (Fsp3) is 0.353. The van der Waals surface area contributed by atoms with Gasteiger partial charge in [0.1, 0.15) is 0 Å². The Bertz CT molecular complexity index is 642. The van der Waals surface area contributed by atoms with E-state index < -0.39 is 0 Å². The van der Waals surface area contributed by atoms with E-state index >= 15 is 0 Å². The predicted octanol–water partition coefficient (Wildman–Crippen LogP) is 2.95. The highest BCUT2D eigenvalue weighted by atomic mass is 16.1. The summed E-state index contributed by atoms with van der Waals surface area (Å²) >= 11 is 0. The topological polar surface area (TPSA) is 34.0 Å². The third-order valence-corrected chi connectivity index (χ3v) is 4.05. The second kappa shape index (κ2) is 5.16. The van der Waals surface area contributed by atoms with Crippen LogP contribution in [0.4, 0.5) is 0 Å². The van der Waals surface area contributed by atoms with Gasteiger partial charge in [0.05, 0.1) is 5.69 Å². The predicted molar refractivity (Wildman–Crippen MR) is 80.7 cm³/mol. The normalized spacial score (nSPS) is 16.4. The lowest BCUT2D eigenvalue weighted by Crippen LogP contribution is -2.24. The van der Waals surface area contributed by atoms with E-state index in [4.69, 9.17) is 0 Å². The van der Waals surface area contributed by atoms with Crippen LogP contribution >= 0.6 is 0 Å². The van der Waals surface area contributed by atoms with E-state index in [0.717, 1.165) is 13.0 Å². The van der Waals surface area contributed by atoms with Gasteiger partial charge in [-0.25, -0.2) is 0 Å². The van der Waals surface area contributed by atoms with Crippen LogP contribution in [-0.4, -0.2) is 17.0 Å². The summed E-state index contributed by atoms with van der Waals surface area (Å²) in [7, 11) is 0. The smallest absolute Gasteiger partial charge is 0.216 e. The van der Waals surface area contributed by atoms with Gasteiger partial charge in [-0.15, -0.1) is 0 Å². The van der Waals surface area contributed by atoms with Crippen molar-refractivity contribution in [2.45, 2.75) is 32.7 Å². The van der Waals surface area contributed by atoms with E-state index in [0.29, 0.717) is 12.5 Å². The molecule has 1 aromatic heterocycles. The van der Waals surface area contributed by atoms with E-state index in [2.05, 4.69) is 53.3 Å². The van der Waals surface area contributed by atoms with E-state index in [1.165, 1.54) is 22.4 Å². The molecule has 3 heteroatoms. The van der Waals surface area contributed by atoms with Crippen LogP contribution in [0.3, 0.4) is 0 Å². The third kappa shape index (κ3) is 2.24. The zero-order valence-corrected chi connectivity index (χ0v) is 12.0. The highest BCUT2D eigenvalue weighted by Crippen LogP contribution is 2.39. The SMILES string of the molecule is CC(=O)NCCn1ccc2c1-c1ccccc1C(C)C2. The first-order chi connectivity index (χ1) is 9.66. The second-order valence-corrected chi connectivity index (χ2v) is 5.56. The van der Waals surface area contributed by atoms with Crippen molar-refractivity contribution < 1.29 is 4.79 Å². The zero-order chi connectivity index (χ0) is 14.1. The molecule has 0 fully saturated rings. The molecule has 0 aliphatic heterocycles. The van der Waals surface area contributed by atoms with Crippen molar-refractivity contribution in [1.29, 1.82) is 0 Å². The number of hydrogen-bond donors (Lipinski definition) is 1. The maximum Gasteiger partial charge on any atom is 0.216 e.